The highest BCUT2D eigenvalue weighted by Gasteiger charge is 2.27. The SMILES string of the molecule is O=C(Nc1ccc(C(=O)N2CCCCCC2)cc1)N1CCCC(c2nc3ccccc3[nH]2)C1. The van der Waals surface area contributed by atoms with E-state index in [1.807, 2.05) is 58.3 Å². The average Bonchev–Trinajstić information content (AvgIpc) is 3.11. The Morgan fingerprint density at radius 1 is 0.879 bits per heavy atom. The van der Waals surface area contributed by atoms with Crippen LogP contribution < -0.4 is 5.32 Å². The smallest absolute Gasteiger partial charge is 0.321 e. The summed E-state index contributed by atoms with van der Waals surface area (Å²) in [7, 11) is 0. The number of piperidine rings is 1. The minimum absolute atomic E-state index is 0.0829. The molecule has 1 atom stereocenters. The summed E-state index contributed by atoms with van der Waals surface area (Å²) >= 11 is 0. The van der Waals surface area contributed by atoms with Gasteiger partial charge in [-0.2, -0.15) is 0 Å². The second kappa shape index (κ2) is 9.65. The molecule has 0 saturated carbocycles. The maximum Gasteiger partial charge on any atom is 0.321 e. The molecule has 2 fully saturated rings. The van der Waals surface area contributed by atoms with E-state index in [-0.39, 0.29) is 17.9 Å². The van der Waals surface area contributed by atoms with Crippen molar-refractivity contribution in [1.82, 2.24) is 19.8 Å². The number of imidazole rings is 1. The molecule has 3 heterocycles. The van der Waals surface area contributed by atoms with Crippen molar-refractivity contribution in [3.63, 3.8) is 0 Å². The van der Waals surface area contributed by atoms with Crippen molar-refractivity contribution in [2.45, 2.75) is 44.4 Å². The minimum atomic E-state index is -0.109. The summed E-state index contributed by atoms with van der Waals surface area (Å²) in [5.74, 6) is 1.23. The van der Waals surface area contributed by atoms with Gasteiger partial charge in [-0.25, -0.2) is 9.78 Å². The van der Waals surface area contributed by atoms with Gasteiger partial charge in [0.1, 0.15) is 5.82 Å². The van der Waals surface area contributed by atoms with Crippen LogP contribution in [0.1, 0.15) is 60.6 Å². The van der Waals surface area contributed by atoms with Gasteiger partial charge in [0, 0.05) is 43.3 Å². The number of fused-ring (bicyclic) bond motifs is 1. The van der Waals surface area contributed by atoms with Crippen LogP contribution in [-0.2, 0) is 0 Å². The van der Waals surface area contributed by atoms with Crippen LogP contribution in [0.25, 0.3) is 11.0 Å². The van der Waals surface area contributed by atoms with Crippen LogP contribution in [0, 0.1) is 0 Å². The van der Waals surface area contributed by atoms with Crippen molar-refractivity contribution in [3.05, 3.63) is 59.9 Å². The average molecular weight is 446 g/mol. The largest absolute Gasteiger partial charge is 0.342 e. The topological polar surface area (TPSA) is 81.3 Å². The molecule has 0 aliphatic carbocycles. The first-order chi connectivity index (χ1) is 16.2. The molecule has 3 aromatic rings. The fourth-order valence-electron chi connectivity index (χ4n) is 4.91. The van der Waals surface area contributed by atoms with Crippen molar-refractivity contribution in [3.8, 4) is 0 Å². The number of hydrogen-bond acceptors (Lipinski definition) is 3. The lowest BCUT2D eigenvalue weighted by atomic mass is 9.97. The lowest BCUT2D eigenvalue weighted by molar-refractivity contribution is 0.0761. The summed E-state index contributed by atoms with van der Waals surface area (Å²) in [6, 6.07) is 15.2. The maximum absolute atomic E-state index is 12.9. The van der Waals surface area contributed by atoms with Crippen molar-refractivity contribution < 1.29 is 9.59 Å². The van der Waals surface area contributed by atoms with Crippen LogP contribution in [0.2, 0.25) is 0 Å². The van der Waals surface area contributed by atoms with Crippen LogP contribution >= 0.6 is 0 Å². The Hall–Kier alpha value is -3.35. The Labute approximate surface area is 194 Å². The molecule has 2 aromatic carbocycles. The van der Waals surface area contributed by atoms with Gasteiger partial charge in [-0.3, -0.25) is 4.79 Å². The highest BCUT2D eigenvalue weighted by Crippen LogP contribution is 2.27. The van der Waals surface area contributed by atoms with Crippen LogP contribution in [0.3, 0.4) is 0 Å². The number of hydrogen-bond donors (Lipinski definition) is 2. The Morgan fingerprint density at radius 2 is 1.61 bits per heavy atom. The molecule has 0 spiro atoms. The van der Waals surface area contributed by atoms with Crippen LogP contribution in [0.5, 0.6) is 0 Å². The summed E-state index contributed by atoms with van der Waals surface area (Å²) in [4.78, 5) is 37.7. The molecular weight excluding hydrogens is 414 g/mol. The van der Waals surface area contributed by atoms with E-state index in [2.05, 4.69) is 10.3 Å². The number of aromatic amines is 1. The van der Waals surface area contributed by atoms with E-state index < -0.39 is 0 Å². The maximum atomic E-state index is 12.9. The van der Waals surface area contributed by atoms with E-state index in [1.54, 1.807) is 0 Å². The van der Waals surface area contributed by atoms with Gasteiger partial charge < -0.3 is 20.1 Å². The van der Waals surface area contributed by atoms with E-state index >= 15 is 0 Å². The molecule has 172 valence electrons. The van der Waals surface area contributed by atoms with Gasteiger partial charge in [-0.05, 0) is 62.1 Å². The van der Waals surface area contributed by atoms with Gasteiger partial charge in [0.05, 0.1) is 11.0 Å². The number of likely N-dealkylation sites (tertiary alicyclic amines) is 2. The molecule has 2 N–H and O–H groups in total. The number of benzene rings is 2. The standard InChI is InChI=1S/C26H31N5O2/c32-25(30-15-5-1-2-6-16-30)19-11-13-21(14-12-19)27-26(33)31-17-7-8-20(18-31)24-28-22-9-3-4-10-23(22)29-24/h3-4,9-14,20H,1-2,5-8,15-18H2,(H,27,33)(H,28,29). The van der Waals surface area contributed by atoms with Crippen molar-refractivity contribution in [1.29, 1.82) is 0 Å². The predicted molar refractivity (Wildman–Crippen MR) is 129 cm³/mol. The molecule has 1 unspecified atom stereocenters. The van der Waals surface area contributed by atoms with Gasteiger partial charge in [0.25, 0.3) is 5.91 Å². The number of nitrogens with one attached hydrogen (secondary N) is 2. The lowest BCUT2D eigenvalue weighted by Crippen LogP contribution is -2.41. The van der Waals surface area contributed by atoms with E-state index in [9.17, 15) is 9.59 Å². The Bertz CT molecular complexity index is 1080. The van der Waals surface area contributed by atoms with Crippen molar-refractivity contribution in [2.24, 2.45) is 0 Å². The van der Waals surface area contributed by atoms with Gasteiger partial charge in [-0.15, -0.1) is 0 Å². The van der Waals surface area contributed by atoms with Crippen LogP contribution in [0.4, 0.5) is 10.5 Å². The lowest BCUT2D eigenvalue weighted by Gasteiger charge is -2.31. The quantitative estimate of drug-likeness (QED) is 0.596. The molecular formula is C26H31N5O2. The number of rotatable bonds is 3. The summed E-state index contributed by atoms with van der Waals surface area (Å²) in [5.41, 5.74) is 3.38. The van der Waals surface area contributed by atoms with Gasteiger partial charge in [0.2, 0.25) is 0 Å². The highest BCUT2D eigenvalue weighted by atomic mass is 16.2. The molecule has 33 heavy (non-hydrogen) atoms. The third-order valence-corrected chi connectivity index (χ3v) is 6.78. The Kier molecular flexibility index (Phi) is 6.28. The zero-order chi connectivity index (χ0) is 22.6. The monoisotopic (exact) mass is 445 g/mol. The van der Waals surface area contributed by atoms with Crippen LogP contribution in [-0.4, -0.2) is 57.9 Å². The van der Waals surface area contributed by atoms with Crippen LogP contribution in [0.15, 0.2) is 48.5 Å². The number of carbonyl (C=O) groups is 2. The van der Waals surface area contributed by atoms with E-state index in [1.165, 1.54) is 12.8 Å². The van der Waals surface area contributed by atoms with Gasteiger partial charge >= 0.3 is 6.03 Å². The minimum Gasteiger partial charge on any atom is -0.342 e. The van der Waals surface area contributed by atoms with E-state index in [0.29, 0.717) is 17.8 Å². The van der Waals surface area contributed by atoms with Gasteiger partial charge in [0.15, 0.2) is 0 Å². The fraction of sp³-hybridized carbons (Fsp3) is 0.423. The van der Waals surface area contributed by atoms with Crippen molar-refractivity contribution in [2.75, 3.05) is 31.5 Å². The molecule has 0 radical (unpaired) electrons. The molecule has 1 aromatic heterocycles. The molecule has 2 saturated heterocycles. The number of para-hydroxylation sites is 2. The highest BCUT2D eigenvalue weighted by molar-refractivity contribution is 5.95. The predicted octanol–water partition coefficient (Wildman–Crippen LogP) is 4.99. The third-order valence-electron chi connectivity index (χ3n) is 6.78. The number of anilines is 1. The first kappa shape index (κ1) is 21.5. The number of amides is 3. The first-order valence-electron chi connectivity index (χ1n) is 12.1. The zero-order valence-corrected chi connectivity index (χ0v) is 18.9. The van der Waals surface area contributed by atoms with Crippen molar-refractivity contribution >= 4 is 28.7 Å². The van der Waals surface area contributed by atoms with Gasteiger partial charge in [-0.1, -0.05) is 25.0 Å². The third kappa shape index (κ3) is 4.87. The number of nitrogens with zero attached hydrogens (tertiary/aromatic N) is 3. The number of aromatic nitrogens is 2. The molecule has 5 rings (SSSR count). The second-order valence-electron chi connectivity index (χ2n) is 9.14. The molecule has 3 amide bonds. The number of H-pyrrole nitrogens is 1. The fourth-order valence-corrected chi connectivity index (χ4v) is 4.91. The summed E-state index contributed by atoms with van der Waals surface area (Å²) in [6.07, 6.45) is 6.50. The summed E-state index contributed by atoms with van der Waals surface area (Å²) in [5, 5.41) is 3.00. The summed E-state index contributed by atoms with van der Waals surface area (Å²) < 4.78 is 0. The molecule has 2 aliphatic rings. The Balaban J connectivity index is 1.20. The molecule has 0 bridgehead atoms. The molecule has 7 nitrogen and oxygen atoms in total. The van der Waals surface area contributed by atoms with E-state index in [0.717, 1.165) is 62.2 Å². The number of urea groups is 1. The summed E-state index contributed by atoms with van der Waals surface area (Å²) in [6.45, 7) is 3.03. The normalized spacial score (nSPS) is 19.3. The second-order valence-corrected chi connectivity index (χ2v) is 9.14. The first-order valence-corrected chi connectivity index (χ1v) is 12.1. The number of carbonyl (C=O) groups excluding carboxylic acids is 2. The zero-order valence-electron chi connectivity index (χ0n) is 18.9. The van der Waals surface area contributed by atoms with E-state index in [4.69, 9.17) is 4.98 Å². The molecule has 7 heteroatoms. The Morgan fingerprint density at radius 3 is 2.36 bits per heavy atom. The molecule has 2 aliphatic heterocycles.